The average Bonchev–Trinajstić information content (AvgIpc) is 3.19. The Balaban J connectivity index is 9.56. The fourth-order valence-electron chi connectivity index (χ4n) is 3.66. The summed E-state index contributed by atoms with van der Waals surface area (Å²) in [7, 11) is -11.5. The van der Waals surface area contributed by atoms with E-state index < -0.39 is 162 Å². The van der Waals surface area contributed by atoms with Crippen LogP contribution in [0.5, 0.6) is 0 Å². The number of halogens is 40. The molecule has 0 unspecified atom stereocenters. The normalized spacial score (nSPS) is 16.8. The zero-order chi connectivity index (χ0) is 57.9. The molecule has 0 spiro atoms. The van der Waals surface area contributed by atoms with Gasteiger partial charge in [0.15, 0.2) is 0 Å². The molecule has 71 heavy (non-hydrogen) atoms. The van der Waals surface area contributed by atoms with Crippen LogP contribution in [0.4, 0.5) is 176 Å². The molecule has 0 rings (SSSR count). The van der Waals surface area contributed by atoms with Gasteiger partial charge in [0.05, 0.1) is 0 Å². The van der Waals surface area contributed by atoms with Crippen LogP contribution in [0, 0.1) is 0 Å². The van der Waals surface area contributed by atoms with Gasteiger partial charge in [-0.1, -0.05) is 0 Å². The predicted molar refractivity (Wildman–Crippen MR) is 141 cm³/mol. The van der Waals surface area contributed by atoms with Crippen molar-refractivity contribution in [2.75, 3.05) is 33.0 Å². The fraction of sp³-hybridized carbons (Fsp3) is 1.00. The molecule has 46 heteroatoms. The van der Waals surface area contributed by atoms with Gasteiger partial charge >= 0.3 is 360 Å². The van der Waals surface area contributed by atoms with Gasteiger partial charge in [-0.25, -0.2) is 0 Å². The summed E-state index contributed by atoms with van der Waals surface area (Å²) >= 11 is 0. The van der Waals surface area contributed by atoms with Crippen LogP contribution in [-0.4, -0.2) is 154 Å². The van der Waals surface area contributed by atoms with Gasteiger partial charge in [0, 0.05) is 0 Å². The summed E-state index contributed by atoms with van der Waals surface area (Å²) in [5, 5.41) is 0. The van der Waals surface area contributed by atoms with Crippen LogP contribution in [0.1, 0.15) is 0 Å². The van der Waals surface area contributed by atoms with Crippen molar-refractivity contribution >= 4 is 7.74 Å². The Morgan fingerprint density at radius 2 is 0.310 bits per heavy atom. The molecule has 430 valence electrons. The molecular weight excluding hydrogens is 1170 g/mol. The van der Waals surface area contributed by atoms with Crippen LogP contribution in [0.25, 0.3) is 0 Å². The maximum absolute atomic E-state index is 14.7. The van der Waals surface area contributed by atoms with Gasteiger partial charge in [-0.05, 0) is 0 Å². The summed E-state index contributed by atoms with van der Waals surface area (Å²) in [6.45, 7) is -27.0. The molecule has 5 nitrogen and oxygen atoms in total. The Bertz CT molecular complexity index is 1470. The maximum atomic E-state index is 14.7. The topological polar surface area (TPSA) is 46.2 Å². The van der Waals surface area contributed by atoms with Crippen molar-refractivity contribution in [1.29, 1.82) is 0 Å². The first-order valence-electron chi connectivity index (χ1n) is 15.9. The van der Waals surface area contributed by atoms with Gasteiger partial charge < -0.3 is 0 Å². The molecule has 0 aromatic heterocycles. The summed E-state index contributed by atoms with van der Waals surface area (Å²) < 4.78 is 564. The summed E-state index contributed by atoms with van der Waals surface area (Å²) in [5.74, 6) is -123. The molecule has 0 amide bonds. The Morgan fingerprint density at radius 3 is 0.394 bits per heavy atom. The van der Waals surface area contributed by atoms with Crippen LogP contribution >= 0.6 is 7.74 Å². The molecule has 0 heterocycles. The van der Waals surface area contributed by atoms with Gasteiger partial charge in [0.25, 0.3) is 0 Å². The fourth-order valence-corrected chi connectivity index (χ4v) is 6.27. The van der Waals surface area contributed by atoms with Gasteiger partial charge in [-0.15, -0.1) is 0 Å². The number of hydrogen-bond donors (Lipinski definition) is 0. The van der Waals surface area contributed by atoms with E-state index in [4.69, 9.17) is 0 Å². The summed E-state index contributed by atoms with van der Waals surface area (Å²) in [5.41, 5.74) is 0. The number of alkyl halides is 40. The van der Waals surface area contributed by atoms with Gasteiger partial charge in [-0.2, -0.15) is 0 Å². The summed E-state index contributed by atoms with van der Waals surface area (Å²) in [6.07, 6.45) is -32.0. The SMILES string of the molecule is FC(F)C(F)(F)C(F)(F)C(F)(F)COP(OCC(F)(F)C(F)(F)C(F)(F)C(F)F)(OCC(F)(F)C(F)(F)C(F)(F)C(F)F)(OCC(F)(F)C(F)(F)C(F)(F)C(F)F)OCC(F)(F)C(F)(F)C(F)(F)C(F)F. The number of hydrogen-bond acceptors (Lipinski definition) is 5. The van der Waals surface area contributed by atoms with Crippen LogP contribution in [-0.2, 0) is 22.6 Å². The van der Waals surface area contributed by atoms with Crippen LogP contribution in [0.15, 0.2) is 0 Å². The molecule has 0 atom stereocenters. The van der Waals surface area contributed by atoms with Crippen molar-refractivity contribution in [2.45, 2.75) is 121 Å². The van der Waals surface area contributed by atoms with Gasteiger partial charge in [0.1, 0.15) is 0 Å². The molecule has 0 saturated carbocycles. The second kappa shape index (κ2) is 19.9. The zero-order valence-corrected chi connectivity index (χ0v) is 32.4. The molecule has 0 fully saturated rings. The predicted octanol–water partition coefficient (Wildman–Crippen LogP) is 14.1. The Morgan fingerprint density at radius 1 is 0.211 bits per heavy atom. The molecule has 0 aliphatic carbocycles. The Hall–Kier alpha value is -2.57. The molecular formula is C25H15F40O5P. The first-order chi connectivity index (χ1) is 30.6. The van der Waals surface area contributed by atoms with Crippen molar-refractivity contribution in [3.63, 3.8) is 0 Å². The minimum absolute atomic E-state index is 2.59. The first kappa shape index (κ1) is 68.4. The monoisotopic (exact) mass is 1190 g/mol. The van der Waals surface area contributed by atoms with E-state index >= 15 is 0 Å². The summed E-state index contributed by atoms with van der Waals surface area (Å²) in [4.78, 5) is 0. The van der Waals surface area contributed by atoms with E-state index in [9.17, 15) is 176 Å². The molecule has 0 aromatic carbocycles. The third-order valence-electron chi connectivity index (χ3n) is 8.04. The molecule has 0 aromatic rings. The molecule has 0 radical (unpaired) electrons. The third-order valence-corrected chi connectivity index (χ3v) is 10.8. The second-order valence-corrected chi connectivity index (χ2v) is 15.9. The third kappa shape index (κ3) is 11.6. The first-order valence-corrected chi connectivity index (χ1v) is 17.7. The van der Waals surface area contributed by atoms with E-state index in [0.717, 1.165) is 0 Å². The van der Waals surface area contributed by atoms with E-state index in [0.29, 0.717) is 0 Å². The van der Waals surface area contributed by atoms with Crippen molar-refractivity contribution < 1.29 is 198 Å². The molecule has 0 saturated heterocycles. The average molecular weight is 1190 g/mol. The molecule has 0 aliphatic rings. The van der Waals surface area contributed by atoms with Crippen molar-refractivity contribution in [2.24, 2.45) is 0 Å². The van der Waals surface area contributed by atoms with Crippen molar-refractivity contribution in [1.82, 2.24) is 0 Å². The van der Waals surface area contributed by atoms with Crippen molar-refractivity contribution in [3.05, 3.63) is 0 Å². The van der Waals surface area contributed by atoms with Crippen LogP contribution in [0.2, 0.25) is 0 Å². The second-order valence-electron chi connectivity index (χ2n) is 13.1. The number of rotatable bonds is 30. The summed E-state index contributed by atoms with van der Waals surface area (Å²) in [6, 6.07) is 0. The van der Waals surface area contributed by atoms with E-state index in [2.05, 4.69) is 22.6 Å². The van der Waals surface area contributed by atoms with Gasteiger partial charge in [0.2, 0.25) is 0 Å². The Labute approximate surface area is 361 Å². The molecule has 0 bridgehead atoms. The molecule has 0 N–H and O–H groups in total. The van der Waals surface area contributed by atoms with E-state index in [1.807, 2.05) is 0 Å². The zero-order valence-electron chi connectivity index (χ0n) is 31.5. The minimum atomic E-state index is -11.5. The standard InChI is InChI=1S/C25H15F40O5P/c26-6(27)16(46,47)21(56,57)11(36,37)1-66-71(67-2-12(38,39)22(58,59)17(48,49)7(28)29,68-3-13(40,41)23(60,61)18(50,51)8(30)31,69-4-14(42,43)24(62,63)19(52,53)9(32)33)70-5-15(44,45)25(64,65)20(54,55)10(34)35/h6-10H,1-5H2. The van der Waals surface area contributed by atoms with Crippen molar-refractivity contribution in [3.8, 4) is 0 Å². The van der Waals surface area contributed by atoms with Crippen LogP contribution < -0.4 is 0 Å². The Kier molecular flexibility index (Phi) is 19.1. The van der Waals surface area contributed by atoms with Gasteiger partial charge in [-0.3, -0.25) is 0 Å². The van der Waals surface area contributed by atoms with E-state index in [1.165, 1.54) is 0 Å². The molecule has 0 aliphatic heterocycles. The van der Waals surface area contributed by atoms with E-state index in [1.54, 1.807) is 0 Å². The van der Waals surface area contributed by atoms with E-state index in [-0.39, 0.29) is 0 Å². The quantitative estimate of drug-likeness (QED) is 0.0530. The van der Waals surface area contributed by atoms with Crippen LogP contribution in [0.3, 0.4) is 0 Å².